The highest BCUT2D eigenvalue weighted by molar-refractivity contribution is 7.15. The summed E-state index contributed by atoms with van der Waals surface area (Å²) in [5.41, 5.74) is 6.63. The van der Waals surface area contributed by atoms with Gasteiger partial charge >= 0.3 is 0 Å². The molecule has 0 radical (unpaired) electrons. The van der Waals surface area contributed by atoms with Crippen LogP contribution in [-0.2, 0) is 11.3 Å². The molecule has 0 aliphatic heterocycles. The first-order chi connectivity index (χ1) is 6.69. The fourth-order valence-electron chi connectivity index (χ4n) is 1.09. The molecule has 14 heavy (non-hydrogen) atoms. The maximum Gasteiger partial charge on any atom is 0.185 e. The molecular weight excluding hydrogens is 198 g/mol. The van der Waals surface area contributed by atoms with Crippen molar-refractivity contribution < 1.29 is 4.74 Å². The van der Waals surface area contributed by atoms with Crippen LogP contribution in [0.5, 0.6) is 0 Å². The van der Waals surface area contributed by atoms with Gasteiger partial charge in [-0.3, -0.25) is 0 Å². The number of likely N-dealkylation sites (N-methyl/N-ethyl adjacent to an activating group) is 1. The lowest BCUT2D eigenvalue weighted by Gasteiger charge is -2.14. The normalized spacial score (nSPS) is 10.6. The van der Waals surface area contributed by atoms with Crippen molar-refractivity contribution in [3.8, 4) is 0 Å². The highest BCUT2D eigenvalue weighted by atomic mass is 32.1. The van der Waals surface area contributed by atoms with Crippen molar-refractivity contribution in [2.45, 2.75) is 13.5 Å². The number of aromatic nitrogens is 1. The molecule has 0 atom stereocenters. The zero-order valence-electron chi connectivity index (χ0n) is 8.91. The Morgan fingerprint density at radius 1 is 1.57 bits per heavy atom. The largest absolute Gasteiger partial charge is 0.383 e. The second kappa shape index (κ2) is 5.29. The Morgan fingerprint density at radius 2 is 2.29 bits per heavy atom. The third-order valence-corrected chi connectivity index (χ3v) is 3.32. The molecule has 1 rings (SSSR count). The van der Waals surface area contributed by atoms with Gasteiger partial charge in [-0.25, -0.2) is 4.98 Å². The Kier molecular flexibility index (Phi) is 4.31. The van der Waals surface area contributed by atoms with Crippen molar-refractivity contribution in [3.05, 3.63) is 10.6 Å². The van der Waals surface area contributed by atoms with Gasteiger partial charge in [0, 0.05) is 32.1 Å². The number of methoxy groups -OCH3 is 1. The predicted octanol–water partition coefficient (Wildman–Crippen LogP) is 0.993. The summed E-state index contributed by atoms with van der Waals surface area (Å²) in [6.45, 7) is 4.13. The van der Waals surface area contributed by atoms with Crippen molar-refractivity contribution >= 4 is 16.5 Å². The van der Waals surface area contributed by atoms with Crippen LogP contribution in [0, 0.1) is 6.92 Å². The number of rotatable bonds is 5. The molecule has 80 valence electrons. The maximum absolute atomic E-state index is 5.59. The second-order valence-electron chi connectivity index (χ2n) is 3.12. The summed E-state index contributed by atoms with van der Waals surface area (Å²) in [6.07, 6.45) is 0. The fourth-order valence-corrected chi connectivity index (χ4v) is 2.02. The van der Waals surface area contributed by atoms with Crippen LogP contribution in [0.2, 0.25) is 0 Å². The van der Waals surface area contributed by atoms with E-state index < -0.39 is 0 Å². The smallest absolute Gasteiger partial charge is 0.185 e. The van der Waals surface area contributed by atoms with Gasteiger partial charge in [-0.15, -0.1) is 11.3 Å². The number of ether oxygens (including phenoxy) is 1. The number of hydrogen-bond donors (Lipinski definition) is 1. The van der Waals surface area contributed by atoms with E-state index in [2.05, 4.69) is 9.88 Å². The standard InChI is InChI=1S/C9H17N3OS/c1-7-8(6-10)14-9(11-7)12(2)4-5-13-3/h4-6,10H2,1-3H3. The molecule has 0 saturated carbocycles. The number of nitrogens with two attached hydrogens (primary N) is 1. The van der Waals surface area contributed by atoms with Gasteiger partial charge in [-0.1, -0.05) is 0 Å². The molecule has 0 spiro atoms. The van der Waals surface area contributed by atoms with E-state index in [1.165, 1.54) is 0 Å². The molecular formula is C9H17N3OS. The van der Waals surface area contributed by atoms with Gasteiger partial charge < -0.3 is 15.4 Å². The van der Waals surface area contributed by atoms with E-state index in [0.29, 0.717) is 13.2 Å². The third-order valence-electron chi connectivity index (χ3n) is 2.02. The van der Waals surface area contributed by atoms with Crippen molar-refractivity contribution in [1.82, 2.24) is 4.98 Å². The lowest BCUT2D eigenvalue weighted by molar-refractivity contribution is 0.206. The first-order valence-corrected chi connectivity index (χ1v) is 5.37. The minimum absolute atomic E-state index is 0.571. The second-order valence-corrected chi connectivity index (χ2v) is 4.19. The van der Waals surface area contributed by atoms with Gasteiger partial charge in [-0.05, 0) is 6.92 Å². The van der Waals surface area contributed by atoms with Crippen LogP contribution in [0.25, 0.3) is 0 Å². The molecule has 0 amide bonds. The Morgan fingerprint density at radius 3 is 2.79 bits per heavy atom. The molecule has 2 N–H and O–H groups in total. The zero-order valence-corrected chi connectivity index (χ0v) is 9.73. The van der Waals surface area contributed by atoms with Gasteiger partial charge in [0.2, 0.25) is 0 Å². The van der Waals surface area contributed by atoms with E-state index in [4.69, 9.17) is 10.5 Å². The van der Waals surface area contributed by atoms with E-state index in [9.17, 15) is 0 Å². The minimum atomic E-state index is 0.571. The van der Waals surface area contributed by atoms with E-state index >= 15 is 0 Å². The van der Waals surface area contributed by atoms with E-state index in [1.807, 2.05) is 14.0 Å². The topological polar surface area (TPSA) is 51.4 Å². The van der Waals surface area contributed by atoms with Crippen LogP contribution < -0.4 is 10.6 Å². The Labute approximate surface area is 88.7 Å². The lowest BCUT2D eigenvalue weighted by Crippen LogP contribution is -2.21. The summed E-state index contributed by atoms with van der Waals surface area (Å²) in [7, 11) is 3.71. The molecule has 0 aliphatic carbocycles. The number of thiazole rings is 1. The summed E-state index contributed by atoms with van der Waals surface area (Å²) in [6, 6.07) is 0. The summed E-state index contributed by atoms with van der Waals surface area (Å²) in [5.74, 6) is 0. The predicted molar refractivity (Wildman–Crippen MR) is 59.9 cm³/mol. The maximum atomic E-state index is 5.59. The molecule has 4 nitrogen and oxygen atoms in total. The molecule has 1 aromatic rings. The average molecular weight is 215 g/mol. The van der Waals surface area contributed by atoms with Gasteiger partial charge in [-0.2, -0.15) is 0 Å². The summed E-state index contributed by atoms with van der Waals surface area (Å²) in [4.78, 5) is 7.68. The summed E-state index contributed by atoms with van der Waals surface area (Å²) in [5, 5.41) is 1.01. The molecule has 0 saturated heterocycles. The summed E-state index contributed by atoms with van der Waals surface area (Å²) < 4.78 is 5.01. The SMILES string of the molecule is COCCN(C)c1nc(C)c(CN)s1. The lowest BCUT2D eigenvalue weighted by atomic mass is 10.4. The van der Waals surface area contributed by atoms with Crippen LogP contribution in [0.15, 0.2) is 0 Å². The molecule has 1 heterocycles. The molecule has 0 unspecified atom stereocenters. The number of hydrogen-bond acceptors (Lipinski definition) is 5. The summed E-state index contributed by atoms with van der Waals surface area (Å²) >= 11 is 1.65. The number of nitrogens with zero attached hydrogens (tertiary/aromatic N) is 2. The molecule has 0 fully saturated rings. The van der Waals surface area contributed by atoms with E-state index in [-0.39, 0.29) is 0 Å². The molecule has 0 aromatic carbocycles. The molecule has 0 bridgehead atoms. The molecule has 0 aliphatic rings. The monoisotopic (exact) mass is 215 g/mol. The number of aryl methyl sites for hydroxylation is 1. The van der Waals surface area contributed by atoms with Crippen molar-refractivity contribution in [1.29, 1.82) is 0 Å². The number of anilines is 1. The van der Waals surface area contributed by atoms with Gasteiger partial charge in [0.05, 0.1) is 12.3 Å². The Hall–Kier alpha value is -0.650. The van der Waals surface area contributed by atoms with Crippen molar-refractivity contribution in [2.24, 2.45) is 5.73 Å². The van der Waals surface area contributed by atoms with E-state index in [0.717, 1.165) is 22.2 Å². The Balaban J connectivity index is 2.65. The van der Waals surface area contributed by atoms with Gasteiger partial charge in [0.25, 0.3) is 0 Å². The quantitative estimate of drug-likeness (QED) is 0.796. The van der Waals surface area contributed by atoms with Crippen LogP contribution in [-0.4, -0.2) is 32.3 Å². The first kappa shape index (κ1) is 11.4. The average Bonchev–Trinajstić information content (AvgIpc) is 2.56. The third kappa shape index (κ3) is 2.67. The first-order valence-electron chi connectivity index (χ1n) is 4.55. The van der Waals surface area contributed by atoms with Crippen molar-refractivity contribution in [3.63, 3.8) is 0 Å². The van der Waals surface area contributed by atoms with Crippen LogP contribution in [0.3, 0.4) is 0 Å². The van der Waals surface area contributed by atoms with Crippen LogP contribution in [0.1, 0.15) is 10.6 Å². The van der Waals surface area contributed by atoms with Crippen molar-refractivity contribution in [2.75, 3.05) is 32.2 Å². The highest BCUT2D eigenvalue weighted by Gasteiger charge is 2.09. The zero-order chi connectivity index (χ0) is 10.6. The van der Waals surface area contributed by atoms with Gasteiger partial charge in [0.1, 0.15) is 0 Å². The fraction of sp³-hybridized carbons (Fsp3) is 0.667. The van der Waals surface area contributed by atoms with Gasteiger partial charge in [0.15, 0.2) is 5.13 Å². The highest BCUT2D eigenvalue weighted by Crippen LogP contribution is 2.24. The molecule has 5 heteroatoms. The Bertz CT molecular complexity index is 288. The van der Waals surface area contributed by atoms with E-state index in [1.54, 1.807) is 18.4 Å². The van der Waals surface area contributed by atoms with Crippen LogP contribution in [0.4, 0.5) is 5.13 Å². The minimum Gasteiger partial charge on any atom is -0.383 e. The van der Waals surface area contributed by atoms with Crippen LogP contribution >= 0.6 is 11.3 Å². The molecule has 1 aromatic heterocycles.